The fourth-order valence-electron chi connectivity index (χ4n) is 2.72. The minimum atomic E-state index is -1.07. The minimum absolute atomic E-state index is 0.0365. The van der Waals surface area contributed by atoms with E-state index in [1.165, 1.54) is 18.3 Å². The third-order valence-electron chi connectivity index (χ3n) is 4.06. The van der Waals surface area contributed by atoms with Gasteiger partial charge in [-0.1, -0.05) is 0 Å². The number of pyridine rings is 1. The van der Waals surface area contributed by atoms with Crippen molar-refractivity contribution in [1.82, 2.24) is 15.2 Å². The maximum atomic E-state index is 13.9. The number of hydrogen-bond acceptors (Lipinski definition) is 3. The molecule has 1 atom stereocenters. The first-order chi connectivity index (χ1) is 12.4. The van der Waals surface area contributed by atoms with Crippen LogP contribution < -0.4 is 10.6 Å². The molecule has 2 aromatic rings. The Morgan fingerprint density at radius 2 is 2.08 bits per heavy atom. The Kier molecular flexibility index (Phi) is 4.79. The van der Waals surface area contributed by atoms with Crippen LogP contribution in [0.4, 0.5) is 23.7 Å². The summed E-state index contributed by atoms with van der Waals surface area (Å²) in [6, 6.07) is 2.35. The number of halogens is 3. The molecule has 0 saturated carbocycles. The summed E-state index contributed by atoms with van der Waals surface area (Å²) in [6.45, 7) is 0.936. The van der Waals surface area contributed by atoms with Crippen molar-refractivity contribution >= 4 is 17.6 Å². The Morgan fingerprint density at radius 3 is 2.81 bits per heavy atom. The smallest absolute Gasteiger partial charge is 0.322 e. The van der Waals surface area contributed by atoms with Crippen molar-refractivity contribution in [2.24, 2.45) is 0 Å². The van der Waals surface area contributed by atoms with Gasteiger partial charge in [-0.2, -0.15) is 0 Å². The Labute approximate surface area is 147 Å². The van der Waals surface area contributed by atoms with E-state index in [1.54, 1.807) is 6.92 Å². The molecule has 1 aromatic carbocycles. The molecule has 3 rings (SSSR count). The number of benzene rings is 1. The molecule has 0 radical (unpaired) electrons. The number of aromatic nitrogens is 1. The number of amides is 3. The molecule has 0 unspecified atom stereocenters. The van der Waals surface area contributed by atoms with E-state index >= 15 is 0 Å². The van der Waals surface area contributed by atoms with Gasteiger partial charge in [-0.05, 0) is 25.1 Å². The maximum Gasteiger partial charge on any atom is 0.322 e. The summed E-state index contributed by atoms with van der Waals surface area (Å²) in [5, 5.41) is 4.97. The fourth-order valence-corrected chi connectivity index (χ4v) is 2.72. The number of carbonyl (C=O) groups is 2. The zero-order valence-electron chi connectivity index (χ0n) is 13.7. The normalized spacial score (nSPS) is 14.5. The molecule has 136 valence electrons. The molecule has 1 aliphatic rings. The average Bonchev–Trinajstić information content (AvgIpc) is 2.60. The Bertz CT molecular complexity index is 875. The molecule has 9 heteroatoms. The molecule has 2 N–H and O–H groups in total. The lowest BCUT2D eigenvalue weighted by atomic mass is 10.1. The molecule has 2 heterocycles. The van der Waals surface area contributed by atoms with E-state index < -0.39 is 42.0 Å². The van der Waals surface area contributed by atoms with Crippen LogP contribution in [0, 0.1) is 17.5 Å². The van der Waals surface area contributed by atoms with E-state index in [-0.39, 0.29) is 23.4 Å². The van der Waals surface area contributed by atoms with Crippen molar-refractivity contribution in [3.8, 4) is 0 Å². The van der Waals surface area contributed by atoms with Crippen molar-refractivity contribution in [3.63, 3.8) is 0 Å². The van der Waals surface area contributed by atoms with Gasteiger partial charge in [0.2, 0.25) is 5.91 Å². The summed E-state index contributed by atoms with van der Waals surface area (Å²) >= 11 is 0. The Morgan fingerprint density at radius 1 is 1.31 bits per heavy atom. The first-order valence-corrected chi connectivity index (χ1v) is 7.78. The summed E-state index contributed by atoms with van der Waals surface area (Å²) in [6.07, 6.45) is 2.43. The van der Waals surface area contributed by atoms with Gasteiger partial charge in [0.05, 0.1) is 24.5 Å². The highest BCUT2D eigenvalue weighted by Gasteiger charge is 2.28. The van der Waals surface area contributed by atoms with Crippen molar-refractivity contribution < 1.29 is 22.8 Å². The van der Waals surface area contributed by atoms with Crippen LogP contribution in [-0.4, -0.2) is 28.4 Å². The lowest BCUT2D eigenvalue weighted by Crippen LogP contribution is -2.45. The molecule has 3 amide bonds. The van der Waals surface area contributed by atoms with Crippen molar-refractivity contribution in [2.75, 3.05) is 11.9 Å². The average molecular weight is 364 g/mol. The number of anilines is 1. The van der Waals surface area contributed by atoms with Crippen LogP contribution >= 0.6 is 0 Å². The summed E-state index contributed by atoms with van der Waals surface area (Å²) in [5.41, 5.74) is 0.373. The van der Waals surface area contributed by atoms with Gasteiger partial charge in [0.25, 0.3) is 0 Å². The lowest BCUT2D eigenvalue weighted by Gasteiger charge is -2.29. The zero-order chi connectivity index (χ0) is 18.8. The minimum Gasteiger partial charge on any atom is -0.348 e. The van der Waals surface area contributed by atoms with Gasteiger partial charge in [0.1, 0.15) is 12.4 Å². The van der Waals surface area contributed by atoms with Crippen LogP contribution in [0.25, 0.3) is 0 Å². The van der Waals surface area contributed by atoms with E-state index in [1.807, 2.05) is 0 Å². The van der Waals surface area contributed by atoms with Gasteiger partial charge in [-0.15, -0.1) is 0 Å². The summed E-state index contributed by atoms with van der Waals surface area (Å²) in [7, 11) is 0. The zero-order valence-corrected chi connectivity index (χ0v) is 13.7. The maximum absolute atomic E-state index is 13.9. The number of nitrogens with one attached hydrogen (secondary N) is 2. The van der Waals surface area contributed by atoms with Crippen LogP contribution in [0.15, 0.2) is 30.6 Å². The van der Waals surface area contributed by atoms with E-state index in [2.05, 4.69) is 15.6 Å². The molecule has 1 aliphatic heterocycles. The van der Waals surface area contributed by atoms with Crippen LogP contribution in [0.5, 0.6) is 0 Å². The van der Waals surface area contributed by atoms with Crippen LogP contribution in [0.2, 0.25) is 0 Å². The van der Waals surface area contributed by atoms with E-state index in [4.69, 9.17) is 0 Å². The van der Waals surface area contributed by atoms with Gasteiger partial charge in [-0.3, -0.25) is 9.78 Å². The van der Waals surface area contributed by atoms with Crippen molar-refractivity contribution in [3.05, 3.63) is 59.2 Å². The SMILES string of the molecule is C[C@@H](NC(=O)CN1Cc2c(ccc(F)c2F)NC1=O)c1ccncc1F. The predicted octanol–water partition coefficient (Wildman–Crippen LogP) is 2.72. The Hall–Kier alpha value is -3.10. The topological polar surface area (TPSA) is 74.3 Å². The standard InChI is InChI=1S/C17H15F3N4O2/c1-9(10-4-5-21-6-13(10)19)22-15(25)8-24-7-11-14(23-17(24)26)3-2-12(18)16(11)20/h2-6,9H,7-8H2,1H3,(H,22,25)(H,23,26)/t9-/m1/s1. The molecular weight excluding hydrogens is 349 g/mol. The molecular formula is C17H15F3N4O2. The second kappa shape index (κ2) is 7.03. The van der Waals surface area contributed by atoms with E-state index in [0.29, 0.717) is 0 Å². The highest BCUT2D eigenvalue weighted by Crippen LogP contribution is 2.27. The highest BCUT2D eigenvalue weighted by atomic mass is 19.2. The van der Waals surface area contributed by atoms with Crippen LogP contribution in [0.1, 0.15) is 24.1 Å². The Balaban J connectivity index is 1.69. The molecule has 26 heavy (non-hydrogen) atoms. The van der Waals surface area contributed by atoms with E-state index in [0.717, 1.165) is 17.2 Å². The van der Waals surface area contributed by atoms with Crippen LogP contribution in [0.3, 0.4) is 0 Å². The van der Waals surface area contributed by atoms with Crippen molar-refractivity contribution in [1.29, 1.82) is 0 Å². The van der Waals surface area contributed by atoms with Crippen LogP contribution in [-0.2, 0) is 11.3 Å². The van der Waals surface area contributed by atoms with Gasteiger partial charge in [0, 0.05) is 17.3 Å². The summed E-state index contributed by atoms with van der Waals surface area (Å²) in [4.78, 5) is 28.9. The molecule has 6 nitrogen and oxygen atoms in total. The highest BCUT2D eigenvalue weighted by molar-refractivity contribution is 5.94. The third-order valence-corrected chi connectivity index (χ3v) is 4.06. The second-order valence-electron chi connectivity index (χ2n) is 5.86. The second-order valence-corrected chi connectivity index (χ2v) is 5.86. The largest absolute Gasteiger partial charge is 0.348 e. The van der Waals surface area contributed by atoms with E-state index in [9.17, 15) is 22.8 Å². The number of hydrogen-bond donors (Lipinski definition) is 2. The molecule has 0 fully saturated rings. The molecule has 0 spiro atoms. The summed E-state index contributed by atoms with van der Waals surface area (Å²) < 4.78 is 41.0. The number of nitrogens with zero attached hydrogens (tertiary/aromatic N) is 2. The van der Waals surface area contributed by atoms with Gasteiger partial charge in [0.15, 0.2) is 11.6 Å². The fraction of sp³-hybridized carbons (Fsp3) is 0.235. The van der Waals surface area contributed by atoms with Gasteiger partial charge >= 0.3 is 6.03 Å². The molecule has 0 bridgehead atoms. The van der Waals surface area contributed by atoms with Crippen molar-refractivity contribution in [2.45, 2.75) is 19.5 Å². The molecule has 0 saturated heterocycles. The quantitative estimate of drug-likeness (QED) is 0.876. The molecule has 1 aromatic heterocycles. The summed E-state index contributed by atoms with van der Waals surface area (Å²) in [5.74, 6) is -3.24. The first-order valence-electron chi connectivity index (χ1n) is 7.78. The third kappa shape index (κ3) is 3.46. The van der Waals surface area contributed by atoms with Gasteiger partial charge < -0.3 is 15.5 Å². The monoisotopic (exact) mass is 364 g/mol. The van der Waals surface area contributed by atoms with Gasteiger partial charge in [-0.25, -0.2) is 18.0 Å². The first kappa shape index (κ1) is 17.7. The lowest BCUT2D eigenvalue weighted by molar-refractivity contribution is -0.122. The number of urea groups is 1. The number of carbonyl (C=O) groups excluding carboxylic acids is 2. The molecule has 0 aliphatic carbocycles. The number of rotatable bonds is 4. The number of fused-ring (bicyclic) bond motifs is 1. The predicted molar refractivity (Wildman–Crippen MR) is 86.5 cm³/mol.